The quantitative estimate of drug-likeness (QED) is 0.737. The minimum Gasteiger partial charge on any atom is -0.465 e. The van der Waals surface area contributed by atoms with E-state index in [2.05, 4.69) is 31.1 Å². The van der Waals surface area contributed by atoms with Crippen LogP contribution < -0.4 is 5.32 Å². The van der Waals surface area contributed by atoms with Gasteiger partial charge in [-0.2, -0.15) is 0 Å². The highest BCUT2D eigenvalue weighted by Gasteiger charge is 2.37. The van der Waals surface area contributed by atoms with Crippen molar-refractivity contribution >= 4 is 6.09 Å². The number of amides is 1. The van der Waals surface area contributed by atoms with E-state index in [1.165, 1.54) is 32.1 Å². The van der Waals surface area contributed by atoms with Crippen LogP contribution in [-0.2, 0) is 4.74 Å². The summed E-state index contributed by atoms with van der Waals surface area (Å²) in [4.78, 5) is 12.4. The number of likely N-dealkylation sites (tertiary alicyclic amines) is 1. The van der Waals surface area contributed by atoms with E-state index in [1.807, 2.05) is 0 Å². The Morgan fingerprint density at radius 2 is 2.25 bits per heavy atom. The molecule has 0 aromatic carbocycles. The second kappa shape index (κ2) is 8.47. The van der Waals surface area contributed by atoms with Crippen LogP contribution in [0.15, 0.2) is 0 Å². The number of carbonyl (C=O) groups is 1. The fraction of sp³-hybridized carbons (Fsp3) is 0.933. The molecule has 20 heavy (non-hydrogen) atoms. The Bertz CT molecular complexity index is 293. The number of unbranched alkanes of at least 4 members (excludes halogenated alkanes) is 1. The van der Waals surface area contributed by atoms with Gasteiger partial charge in [0.15, 0.2) is 0 Å². The van der Waals surface area contributed by atoms with Crippen LogP contribution in [0.5, 0.6) is 0 Å². The third-order valence-corrected chi connectivity index (χ3v) is 4.12. The highest BCUT2D eigenvalue weighted by Crippen LogP contribution is 2.31. The molecule has 2 atom stereocenters. The summed E-state index contributed by atoms with van der Waals surface area (Å²) < 4.78 is 5.20. The Balaban J connectivity index is 0.000000217. The van der Waals surface area contributed by atoms with Crippen LogP contribution in [0.1, 0.15) is 52.4 Å². The number of nitrogens with zero attached hydrogens (tertiary/aromatic N) is 1. The van der Waals surface area contributed by atoms with Gasteiger partial charge in [0.05, 0.1) is 12.2 Å². The Kier molecular flexibility index (Phi) is 7.30. The molecule has 0 bridgehead atoms. The van der Waals surface area contributed by atoms with E-state index < -0.39 is 6.09 Å². The van der Waals surface area contributed by atoms with Crippen LogP contribution in [0.4, 0.5) is 4.79 Å². The molecule has 0 aromatic rings. The SMILES string of the molecule is CCCCC1(C)CO1.CN1CCCC1CCNC(=O)O. The lowest BCUT2D eigenvalue weighted by Crippen LogP contribution is -2.30. The Morgan fingerprint density at radius 1 is 1.55 bits per heavy atom. The van der Waals surface area contributed by atoms with Gasteiger partial charge in [0.25, 0.3) is 0 Å². The lowest BCUT2D eigenvalue weighted by molar-refractivity contribution is 0.192. The summed E-state index contributed by atoms with van der Waals surface area (Å²) in [6.45, 7) is 7.11. The van der Waals surface area contributed by atoms with Crippen molar-refractivity contribution in [2.75, 3.05) is 26.7 Å². The summed E-state index contributed by atoms with van der Waals surface area (Å²) in [5.74, 6) is 0. The lowest BCUT2D eigenvalue weighted by atomic mass is 10.1. The normalized spacial score (nSPS) is 28.6. The molecule has 2 saturated heterocycles. The molecule has 0 radical (unpaired) electrons. The molecule has 0 aliphatic carbocycles. The first-order valence-electron chi connectivity index (χ1n) is 7.78. The molecule has 5 heteroatoms. The van der Waals surface area contributed by atoms with E-state index in [1.54, 1.807) is 0 Å². The van der Waals surface area contributed by atoms with Crippen molar-refractivity contribution in [2.45, 2.75) is 64.0 Å². The zero-order valence-electron chi connectivity index (χ0n) is 13.2. The average Bonchev–Trinajstić information content (AvgIpc) is 3.00. The molecule has 2 aliphatic rings. The van der Waals surface area contributed by atoms with E-state index >= 15 is 0 Å². The highest BCUT2D eigenvalue weighted by molar-refractivity contribution is 5.64. The van der Waals surface area contributed by atoms with Crippen LogP contribution in [0, 0.1) is 0 Å². The van der Waals surface area contributed by atoms with Gasteiger partial charge in [0.2, 0.25) is 0 Å². The van der Waals surface area contributed by atoms with Gasteiger partial charge >= 0.3 is 6.09 Å². The number of nitrogens with one attached hydrogen (secondary N) is 1. The third-order valence-electron chi connectivity index (χ3n) is 4.12. The Hall–Kier alpha value is -0.810. The van der Waals surface area contributed by atoms with Crippen molar-refractivity contribution in [3.8, 4) is 0 Å². The fourth-order valence-electron chi connectivity index (χ4n) is 2.51. The second-order valence-corrected chi connectivity index (χ2v) is 6.14. The minimum absolute atomic E-state index is 0.302. The van der Waals surface area contributed by atoms with Crippen LogP contribution in [0.25, 0.3) is 0 Å². The first-order valence-corrected chi connectivity index (χ1v) is 7.78. The minimum atomic E-state index is -0.921. The number of carboxylic acid groups (broad SMARTS) is 1. The van der Waals surface area contributed by atoms with E-state index in [0.29, 0.717) is 18.2 Å². The van der Waals surface area contributed by atoms with Crippen molar-refractivity contribution in [1.82, 2.24) is 10.2 Å². The molecule has 0 spiro atoms. The van der Waals surface area contributed by atoms with Gasteiger partial charge in [-0.05, 0) is 46.2 Å². The van der Waals surface area contributed by atoms with Crippen molar-refractivity contribution in [3.63, 3.8) is 0 Å². The van der Waals surface area contributed by atoms with Crippen molar-refractivity contribution in [2.24, 2.45) is 0 Å². The summed E-state index contributed by atoms with van der Waals surface area (Å²) in [6, 6.07) is 0.580. The van der Waals surface area contributed by atoms with Crippen LogP contribution >= 0.6 is 0 Å². The van der Waals surface area contributed by atoms with E-state index in [-0.39, 0.29) is 0 Å². The maximum Gasteiger partial charge on any atom is 0.404 e. The lowest BCUT2D eigenvalue weighted by Gasteiger charge is -2.18. The van der Waals surface area contributed by atoms with E-state index in [4.69, 9.17) is 9.84 Å². The van der Waals surface area contributed by atoms with Crippen LogP contribution in [0.2, 0.25) is 0 Å². The average molecular weight is 286 g/mol. The van der Waals surface area contributed by atoms with Crippen molar-refractivity contribution < 1.29 is 14.6 Å². The van der Waals surface area contributed by atoms with Crippen LogP contribution in [-0.4, -0.2) is 54.5 Å². The number of epoxide rings is 1. The first-order chi connectivity index (χ1) is 9.47. The molecule has 2 aliphatic heterocycles. The van der Waals surface area contributed by atoms with E-state index in [0.717, 1.165) is 19.6 Å². The molecule has 5 nitrogen and oxygen atoms in total. The molecule has 2 N–H and O–H groups in total. The van der Waals surface area contributed by atoms with Gasteiger partial charge in [-0.25, -0.2) is 4.79 Å². The second-order valence-electron chi connectivity index (χ2n) is 6.14. The number of rotatable bonds is 6. The summed E-state index contributed by atoms with van der Waals surface area (Å²) in [7, 11) is 2.10. The molecule has 2 heterocycles. The van der Waals surface area contributed by atoms with Gasteiger partial charge in [-0.1, -0.05) is 19.8 Å². The first kappa shape index (κ1) is 17.2. The maximum atomic E-state index is 10.1. The summed E-state index contributed by atoms with van der Waals surface area (Å²) in [5, 5.41) is 10.7. The maximum absolute atomic E-state index is 10.1. The zero-order chi connectivity index (χ0) is 15.0. The van der Waals surface area contributed by atoms with Crippen molar-refractivity contribution in [3.05, 3.63) is 0 Å². The monoisotopic (exact) mass is 286 g/mol. The van der Waals surface area contributed by atoms with Gasteiger partial charge in [-0.3, -0.25) is 0 Å². The highest BCUT2D eigenvalue weighted by atomic mass is 16.6. The predicted octanol–water partition coefficient (Wildman–Crippen LogP) is 2.70. The van der Waals surface area contributed by atoms with Gasteiger partial charge in [-0.15, -0.1) is 0 Å². The molecule has 2 unspecified atom stereocenters. The molecule has 2 fully saturated rings. The van der Waals surface area contributed by atoms with Crippen molar-refractivity contribution in [1.29, 1.82) is 0 Å². The molecule has 1 amide bonds. The number of hydrogen-bond acceptors (Lipinski definition) is 3. The topological polar surface area (TPSA) is 65.1 Å². The predicted molar refractivity (Wildman–Crippen MR) is 80.2 cm³/mol. The largest absolute Gasteiger partial charge is 0.465 e. The van der Waals surface area contributed by atoms with E-state index in [9.17, 15) is 4.79 Å². The van der Waals surface area contributed by atoms with Gasteiger partial charge in [0, 0.05) is 12.6 Å². The van der Waals surface area contributed by atoms with Crippen LogP contribution in [0.3, 0.4) is 0 Å². The number of hydrogen-bond donors (Lipinski definition) is 2. The molecule has 0 saturated carbocycles. The third kappa shape index (κ3) is 7.10. The molecule has 2 rings (SSSR count). The summed E-state index contributed by atoms with van der Waals surface area (Å²) >= 11 is 0. The fourth-order valence-corrected chi connectivity index (χ4v) is 2.51. The molecule has 0 aromatic heterocycles. The summed E-state index contributed by atoms with van der Waals surface area (Å²) in [6.07, 6.45) is 6.32. The molecular formula is C15H30N2O3. The Morgan fingerprint density at radius 3 is 2.70 bits per heavy atom. The van der Waals surface area contributed by atoms with Gasteiger partial charge < -0.3 is 20.1 Å². The van der Waals surface area contributed by atoms with Gasteiger partial charge in [0.1, 0.15) is 0 Å². The molecular weight excluding hydrogens is 256 g/mol. The smallest absolute Gasteiger partial charge is 0.404 e. The molecule has 118 valence electrons. The zero-order valence-corrected chi connectivity index (χ0v) is 13.2. The summed E-state index contributed by atoms with van der Waals surface area (Å²) in [5.41, 5.74) is 0.302. The number of ether oxygens (including phenoxy) is 1. The Labute approximate surface area is 122 Å². The standard InChI is InChI=1S/C8H16N2O2.C7H14O/c1-10-6-2-3-7(10)4-5-9-8(11)12;1-3-4-5-7(2)6-8-7/h7,9H,2-6H2,1H3,(H,11,12);3-6H2,1-2H3.